The van der Waals surface area contributed by atoms with E-state index in [-0.39, 0.29) is 5.56 Å². The van der Waals surface area contributed by atoms with Crippen molar-refractivity contribution in [3.05, 3.63) is 57.8 Å². The van der Waals surface area contributed by atoms with E-state index in [1.807, 2.05) is 13.0 Å². The number of ether oxygens (including phenoxy) is 1. The largest absolute Gasteiger partial charge is 0.495 e. The molecule has 0 saturated heterocycles. The molecule has 0 saturated carbocycles. The van der Waals surface area contributed by atoms with Gasteiger partial charge in [-0.25, -0.2) is 4.39 Å². The first-order valence-corrected chi connectivity index (χ1v) is 6.71. The molecule has 5 heteroatoms. The van der Waals surface area contributed by atoms with E-state index in [4.69, 9.17) is 4.74 Å². The molecule has 3 nitrogen and oxygen atoms in total. The quantitative estimate of drug-likeness (QED) is 0.913. The predicted molar refractivity (Wildman–Crippen MR) is 79.8 cm³/mol. The summed E-state index contributed by atoms with van der Waals surface area (Å²) in [6.07, 6.45) is 0. The number of aryl methyl sites for hydroxylation is 1. The molecule has 0 aliphatic carbocycles. The SMILES string of the molecule is COc1cc(C)ccc1NC(=O)c1ccc(Br)cc1F. The highest BCUT2D eigenvalue weighted by atomic mass is 79.9. The first kappa shape index (κ1) is 14.5. The summed E-state index contributed by atoms with van der Waals surface area (Å²) in [7, 11) is 1.52. The zero-order valence-corrected chi connectivity index (χ0v) is 12.6. The van der Waals surface area contributed by atoms with Gasteiger partial charge in [0.25, 0.3) is 5.91 Å². The molecule has 104 valence electrons. The van der Waals surface area contributed by atoms with Gasteiger partial charge in [-0.15, -0.1) is 0 Å². The van der Waals surface area contributed by atoms with Gasteiger partial charge in [0.2, 0.25) is 0 Å². The maximum Gasteiger partial charge on any atom is 0.258 e. The number of benzene rings is 2. The van der Waals surface area contributed by atoms with Crippen LogP contribution < -0.4 is 10.1 Å². The van der Waals surface area contributed by atoms with Crippen molar-refractivity contribution in [1.29, 1.82) is 0 Å². The van der Waals surface area contributed by atoms with Crippen molar-refractivity contribution >= 4 is 27.5 Å². The molecule has 2 aromatic rings. The normalized spacial score (nSPS) is 10.2. The molecule has 1 amide bonds. The highest BCUT2D eigenvalue weighted by Gasteiger charge is 2.14. The molecule has 0 unspecified atom stereocenters. The minimum absolute atomic E-state index is 0.0178. The monoisotopic (exact) mass is 337 g/mol. The summed E-state index contributed by atoms with van der Waals surface area (Å²) in [6.45, 7) is 1.92. The van der Waals surface area contributed by atoms with Crippen molar-refractivity contribution in [2.24, 2.45) is 0 Å². The summed E-state index contributed by atoms with van der Waals surface area (Å²) in [6, 6.07) is 9.66. The van der Waals surface area contributed by atoms with Gasteiger partial charge in [-0.3, -0.25) is 4.79 Å². The maximum absolute atomic E-state index is 13.7. The second-order valence-corrected chi connectivity index (χ2v) is 5.20. The third kappa shape index (κ3) is 3.17. The van der Waals surface area contributed by atoms with Gasteiger partial charge >= 0.3 is 0 Å². The summed E-state index contributed by atoms with van der Waals surface area (Å²) in [5.74, 6) is -0.559. The fourth-order valence-corrected chi connectivity index (χ4v) is 2.10. The van der Waals surface area contributed by atoms with Crippen LogP contribution in [0.5, 0.6) is 5.75 Å². The number of carbonyl (C=O) groups excluding carboxylic acids is 1. The lowest BCUT2D eigenvalue weighted by Crippen LogP contribution is -2.14. The Balaban J connectivity index is 2.28. The van der Waals surface area contributed by atoms with Gasteiger partial charge in [0.1, 0.15) is 11.6 Å². The van der Waals surface area contributed by atoms with E-state index in [1.54, 1.807) is 18.2 Å². The van der Waals surface area contributed by atoms with Crippen molar-refractivity contribution in [1.82, 2.24) is 0 Å². The summed E-state index contributed by atoms with van der Waals surface area (Å²) in [5.41, 5.74) is 1.50. The second-order valence-electron chi connectivity index (χ2n) is 4.28. The second kappa shape index (κ2) is 6.05. The van der Waals surface area contributed by atoms with Gasteiger partial charge < -0.3 is 10.1 Å². The fourth-order valence-electron chi connectivity index (χ4n) is 1.76. The Morgan fingerprint density at radius 1 is 1.25 bits per heavy atom. The molecule has 0 heterocycles. The van der Waals surface area contributed by atoms with E-state index in [0.717, 1.165) is 5.56 Å². The van der Waals surface area contributed by atoms with Crippen molar-refractivity contribution in [2.75, 3.05) is 12.4 Å². The Labute approximate surface area is 124 Å². The van der Waals surface area contributed by atoms with E-state index in [1.165, 1.54) is 19.2 Å². The number of methoxy groups -OCH3 is 1. The summed E-state index contributed by atoms with van der Waals surface area (Å²) < 4.78 is 19.5. The summed E-state index contributed by atoms with van der Waals surface area (Å²) in [5, 5.41) is 2.65. The first-order valence-electron chi connectivity index (χ1n) is 5.92. The van der Waals surface area contributed by atoms with Crippen LogP contribution in [-0.2, 0) is 0 Å². The Hall–Kier alpha value is -1.88. The van der Waals surface area contributed by atoms with E-state index >= 15 is 0 Å². The topological polar surface area (TPSA) is 38.3 Å². The van der Waals surface area contributed by atoms with Gasteiger partial charge in [-0.1, -0.05) is 22.0 Å². The summed E-state index contributed by atoms with van der Waals surface area (Å²) >= 11 is 3.15. The molecule has 0 aliphatic rings. The predicted octanol–water partition coefficient (Wildman–Crippen LogP) is 4.16. The number of hydrogen-bond acceptors (Lipinski definition) is 2. The molecule has 2 aromatic carbocycles. The van der Waals surface area contributed by atoms with E-state index in [2.05, 4.69) is 21.2 Å². The molecular weight excluding hydrogens is 325 g/mol. The number of halogens is 2. The fraction of sp³-hybridized carbons (Fsp3) is 0.133. The average Bonchev–Trinajstić information content (AvgIpc) is 2.40. The molecule has 0 bridgehead atoms. The minimum atomic E-state index is -0.581. The molecular formula is C15H13BrFNO2. The number of rotatable bonds is 3. The van der Waals surface area contributed by atoms with Crippen LogP contribution in [0.3, 0.4) is 0 Å². The van der Waals surface area contributed by atoms with Crippen molar-refractivity contribution < 1.29 is 13.9 Å². The molecule has 20 heavy (non-hydrogen) atoms. The average molecular weight is 338 g/mol. The van der Waals surface area contributed by atoms with Crippen molar-refractivity contribution in [3.8, 4) is 5.75 Å². The van der Waals surface area contributed by atoms with Crippen LogP contribution in [0.15, 0.2) is 40.9 Å². The van der Waals surface area contributed by atoms with Gasteiger partial charge in [0.05, 0.1) is 18.4 Å². The standard InChI is InChI=1S/C15H13BrFNO2/c1-9-3-6-13(14(7-9)20-2)18-15(19)11-5-4-10(16)8-12(11)17/h3-8H,1-2H3,(H,18,19). The van der Waals surface area contributed by atoms with E-state index in [0.29, 0.717) is 15.9 Å². The van der Waals surface area contributed by atoms with Gasteiger partial charge in [-0.05, 0) is 42.8 Å². The van der Waals surface area contributed by atoms with Crippen molar-refractivity contribution in [3.63, 3.8) is 0 Å². The number of amides is 1. The lowest BCUT2D eigenvalue weighted by Gasteiger charge is -2.11. The zero-order chi connectivity index (χ0) is 14.7. The van der Waals surface area contributed by atoms with Crippen LogP contribution in [0.2, 0.25) is 0 Å². The smallest absolute Gasteiger partial charge is 0.258 e. The van der Waals surface area contributed by atoms with Crippen LogP contribution in [0.25, 0.3) is 0 Å². The molecule has 0 atom stereocenters. The van der Waals surface area contributed by atoms with Crippen LogP contribution in [0, 0.1) is 12.7 Å². The van der Waals surface area contributed by atoms with Crippen molar-refractivity contribution in [2.45, 2.75) is 6.92 Å². The number of carbonyl (C=O) groups is 1. The number of nitrogens with one attached hydrogen (secondary N) is 1. The van der Waals surface area contributed by atoms with Crippen LogP contribution >= 0.6 is 15.9 Å². The highest BCUT2D eigenvalue weighted by molar-refractivity contribution is 9.10. The maximum atomic E-state index is 13.7. The molecule has 0 aromatic heterocycles. The van der Waals surface area contributed by atoms with E-state index in [9.17, 15) is 9.18 Å². The van der Waals surface area contributed by atoms with Gasteiger partial charge in [0.15, 0.2) is 0 Å². The van der Waals surface area contributed by atoms with Crippen LogP contribution in [0.4, 0.5) is 10.1 Å². The Morgan fingerprint density at radius 3 is 2.65 bits per heavy atom. The highest BCUT2D eigenvalue weighted by Crippen LogP contribution is 2.26. The third-order valence-corrected chi connectivity index (χ3v) is 3.27. The lowest BCUT2D eigenvalue weighted by atomic mass is 10.1. The molecule has 0 aliphatic heterocycles. The third-order valence-electron chi connectivity index (χ3n) is 2.78. The van der Waals surface area contributed by atoms with Gasteiger partial charge in [0, 0.05) is 4.47 Å². The molecule has 1 N–H and O–H groups in total. The summed E-state index contributed by atoms with van der Waals surface area (Å²) in [4.78, 5) is 12.1. The zero-order valence-electron chi connectivity index (χ0n) is 11.0. The molecule has 2 rings (SSSR count). The van der Waals surface area contributed by atoms with Crippen LogP contribution in [-0.4, -0.2) is 13.0 Å². The minimum Gasteiger partial charge on any atom is -0.495 e. The Morgan fingerprint density at radius 2 is 2.00 bits per heavy atom. The molecule has 0 spiro atoms. The lowest BCUT2D eigenvalue weighted by molar-refractivity contribution is 0.102. The Kier molecular flexibility index (Phi) is 4.39. The number of anilines is 1. The molecule has 0 radical (unpaired) electrons. The van der Waals surface area contributed by atoms with Crippen LogP contribution in [0.1, 0.15) is 15.9 Å². The first-order chi connectivity index (χ1) is 9.51. The van der Waals surface area contributed by atoms with E-state index < -0.39 is 11.7 Å². The number of hydrogen-bond donors (Lipinski definition) is 1. The van der Waals surface area contributed by atoms with Gasteiger partial charge in [-0.2, -0.15) is 0 Å². The molecule has 0 fully saturated rings. The Bertz CT molecular complexity index is 658.